The molecule has 1 N–H and O–H groups in total. The molecule has 0 aliphatic rings. The van der Waals surface area contributed by atoms with Crippen LogP contribution in [0.5, 0.6) is 0 Å². The second kappa shape index (κ2) is 7.75. The van der Waals surface area contributed by atoms with Crippen molar-refractivity contribution in [2.75, 3.05) is 20.3 Å². The summed E-state index contributed by atoms with van der Waals surface area (Å²) in [6.07, 6.45) is 1.16. The number of benzene rings is 1. The van der Waals surface area contributed by atoms with Crippen LogP contribution in [0.3, 0.4) is 0 Å². The maximum absolute atomic E-state index is 11.8. The lowest BCUT2D eigenvalue weighted by Crippen LogP contribution is -2.25. The van der Waals surface area contributed by atoms with Crippen molar-refractivity contribution >= 4 is 17.5 Å². The first kappa shape index (κ1) is 15.5. The molecule has 0 saturated carbocycles. The number of carbonyl (C=O) groups excluding carboxylic acids is 1. The Morgan fingerprint density at radius 1 is 1.43 bits per heavy atom. The predicted octanol–water partition coefficient (Wildman–Crippen LogP) is 2.08. The van der Waals surface area contributed by atoms with Crippen molar-refractivity contribution in [3.05, 3.63) is 46.6 Å². The van der Waals surface area contributed by atoms with Gasteiger partial charge < -0.3 is 14.5 Å². The smallest absolute Gasteiger partial charge is 0.308 e. The first-order valence-corrected chi connectivity index (χ1v) is 6.91. The summed E-state index contributed by atoms with van der Waals surface area (Å²) in [6.45, 7) is 1.09. The number of nitrogens with zero attached hydrogens (tertiary/aromatic N) is 2. The van der Waals surface area contributed by atoms with E-state index in [-0.39, 0.29) is 11.8 Å². The molecular weight excluding hydrogens is 294 g/mol. The Kier molecular flexibility index (Phi) is 5.71. The van der Waals surface area contributed by atoms with Gasteiger partial charge in [0.05, 0.1) is 6.42 Å². The zero-order chi connectivity index (χ0) is 15.1. The molecule has 1 amide bonds. The Balaban J connectivity index is 1.90. The fraction of sp³-hybridized carbons (Fsp3) is 0.357. The minimum absolute atomic E-state index is 0.0376. The van der Waals surface area contributed by atoms with E-state index in [0.29, 0.717) is 30.5 Å². The zero-order valence-electron chi connectivity index (χ0n) is 11.6. The topological polar surface area (TPSA) is 77.2 Å². The molecule has 2 rings (SSSR count). The van der Waals surface area contributed by atoms with Crippen LogP contribution in [-0.4, -0.2) is 36.4 Å². The Bertz CT molecular complexity index is 601. The molecule has 0 atom stereocenters. The first-order valence-electron chi connectivity index (χ1n) is 6.53. The average molecular weight is 310 g/mol. The number of rotatable bonds is 7. The van der Waals surface area contributed by atoms with Gasteiger partial charge in [0, 0.05) is 25.3 Å². The largest absolute Gasteiger partial charge is 0.417 e. The fourth-order valence-corrected chi connectivity index (χ4v) is 1.95. The van der Waals surface area contributed by atoms with Gasteiger partial charge in [0.1, 0.15) is 0 Å². The Morgan fingerprint density at radius 3 is 3.05 bits per heavy atom. The van der Waals surface area contributed by atoms with Gasteiger partial charge in [-0.25, -0.2) is 0 Å². The van der Waals surface area contributed by atoms with E-state index in [1.165, 1.54) is 0 Å². The molecule has 0 radical (unpaired) electrons. The minimum Gasteiger partial charge on any atom is -0.417 e. The van der Waals surface area contributed by atoms with Crippen LogP contribution in [0.15, 0.2) is 28.7 Å². The summed E-state index contributed by atoms with van der Waals surface area (Å²) >= 11 is 5.91. The van der Waals surface area contributed by atoms with Gasteiger partial charge >= 0.3 is 11.8 Å². The Labute approximate surface area is 127 Å². The Morgan fingerprint density at radius 2 is 2.29 bits per heavy atom. The van der Waals surface area contributed by atoms with E-state index in [2.05, 4.69) is 15.5 Å². The summed E-state index contributed by atoms with van der Waals surface area (Å²) in [7, 11) is 1.61. The fourth-order valence-electron chi connectivity index (χ4n) is 1.73. The highest BCUT2D eigenvalue weighted by atomic mass is 35.5. The molecule has 0 saturated heterocycles. The number of aromatic nitrogens is 2. The number of nitrogens with one attached hydrogen (secondary N) is 1. The summed E-state index contributed by atoms with van der Waals surface area (Å²) in [6, 6.07) is 7.35. The number of hydrogen-bond acceptors (Lipinski definition) is 5. The summed E-state index contributed by atoms with van der Waals surface area (Å²) in [5.41, 5.74) is 0.943. The van der Waals surface area contributed by atoms with Crippen LogP contribution in [0.25, 0.3) is 0 Å². The third kappa shape index (κ3) is 4.84. The molecule has 0 fully saturated rings. The summed E-state index contributed by atoms with van der Waals surface area (Å²) in [4.78, 5) is 11.8. The molecule has 1 aromatic heterocycles. The lowest BCUT2D eigenvalue weighted by atomic mass is 10.1. The van der Waals surface area contributed by atoms with Gasteiger partial charge in [0.15, 0.2) is 0 Å². The molecule has 1 aromatic carbocycles. The summed E-state index contributed by atoms with van der Waals surface area (Å²) in [5, 5.41) is 10.9. The quantitative estimate of drug-likeness (QED) is 0.792. The van der Waals surface area contributed by atoms with Gasteiger partial charge in [0.25, 0.3) is 0 Å². The van der Waals surface area contributed by atoms with Gasteiger partial charge in [0.2, 0.25) is 5.89 Å². The van der Waals surface area contributed by atoms with E-state index in [1.807, 2.05) is 18.2 Å². The second-order valence-corrected chi connectivity index (χ2v) is 4.85. The second-order valence-electron chi connectivity index (χ2n) is 4.41. The molecule has 2 aromatic rings. The van der Waals surface area contributed by atoms with Gasteiger partial charge in [-0.3, -0.25) is 4.79 Å². The predicted molar refractivity (Wildman–Crippen MR) is 77.4 cm³/mol. The van der Waals surface area contributed by atoms with Crippen LogP contribution in [0.4, 0.5) is 0 Å². The number of carbonyl (C=O) groups is 1. The highest BCUT2D eigenvalue weighted by Gasteiger charge is 2.14. The molecule has 1 heterocycles. The van der Waals surface area contributed by atoms with Crippen molar-refractivity contribution in [1.29, 1.82) is 0 Å². The summed E-state index contributed by atoms with van der Waals surface area (Å²) < 4.78 is 10.2. The van der Waals surface area contributed by atoms with E-state index in [4.69, 9.17) is 20.8 Å². The van der Waals surface area contributed by atoms with Gasteiger partial charge in [-0.05, 0) is 24.1 Å². The highest BCUT2D eigenvalue weighted by molar-refractivity contribution is 6.30. The monoisotopic (exact) mass is 309 g/mol. The van der Waals surface area contributed by atoms with Crippen molar-refractivity contribution < 1.29 is 13.9 Å². The molecular formula is C14H16ClN3O3. The third-order valence-corrected chi connectivity index (χ3v) is 2.95. The number of methoxy groups -OCH3 is 1. The van der Waals surface area contributed by atoms with Gasteiger partial charge in [-0.1, -0.05) is 23.7 Å². The number of amides is 1. The molecule has 112 valence electrons. The molecule has 0 unspecified atom stereocenters. The van der Waals surface area contributed by atoms with Crippen LogP contribution in [0.2, 0.25) is 5.02 Å². The Hall–Kier alpha value is -1.92. The van der Waals surface area contributed by atoms with E-state index in [9.17, 15) is 4.79 Å². The third-order valence-electron chi connectivity index (χ3n) is 2.72. The van der Waals surface area contributed by atoms with E-state index >= 15 is 0 Å². The van der Waals surface area contributed by atoms with E-state index < -0.39 is 0 Å². The standard InChI is InChI=1S/C14H16ClN3O3/c1-20-7-3-6-16-13(19)14-18-17-12(21-14)9-10-4-2-5-11(15)8-10/h2,4-5,8H,3,6-7,9H2,1H3,(H,16,19). The molecule has 0 aliphatic carbocycles. The van der Waals surface area contributed by atoms with Gasteiger partial charge in [-0.2, -0.15) is 0 Å². The number of ether oxygens (including phenoxy) is 1. The normalized spacial score (nSPS) is 10.6. The van der Waals surface area contributed by atoms with Crippen LogP contribution >= 0.6 is 11.6 Å². The van der Waals surface area contributed by atoms with Crippen LogP contribution < -0.4 is 5.32 Å². The van der Waals surface area contributed by atoms with E-state index in [1.54, 1.807) is 13.2 Å². The summed E-state index contributed by atoms with van der Waals surface area (Å²) in [5.74, 6) is -0.0419. The average Bonchev–Trinajstić information content (AvgIpc) is 2.92. The molecule has 7 heteroatoms. The van der Waals surface area contributed by atoms with Gasteiger partial charge in [-0.15, -0.1) is 10.2 Å². The van der Waals surface area contributed by atoms with Crippen molar-refractivity contribution in [2.24, 2.45) is 0 Å². The van der Waals surface area contributed by atoms with Crippen LogP contribution in [0, 0.1) is 0 Å². The molecule has 6 nitrogen and oxygen atoms in total. The van der Waals surface area contributed by atoms with E-state index in [0.717, 1.165) is 12.0 Å². The number of hydrogen-bond donors (Lipinski definition) is 1. The van der Waals surface area contributed by atoms with Crippen molar-refractivity contribution in [3.8, 4) is 0 Å². The van der Waals surface area contributed by atoms with Crippen LogP contribution in [-0.2, 0) is 11.2 Å². The van der Waals surface area contributed by atoms with Crippen molar-refractivity contribution in [3.63, 3.8) is 0 Å². The van der Waals surface area contributed by atoms with Crippen molar-refractivity contribution in [1.82, 2.24) is 15.5 Å². The maximum atomic E-state index is 11.8. The highest BCUT2D eigenvalue weighted by Crippen LogP contribution is 2.14. The molecule has 0 bridgehead atoms. The lowest BCUT2D eigenvalue weighted by Gasteiger charge is -2.01. The van der Waals surface area contributed by atoms with Crippen molar-refractivity contribution in [2.45, 2.75) is 12.8 Å². The molecule has 0 spiro atoms. The lowest BCUT2D eigenvalue weighted by molar-refractivity contribution is 0.0912. The zero-order valence-corrected chi connectivity index (χ0v) is 12.4. The number of halogens is 1. The molecule has 21 heavy (non-hydrogen) atoms. The molecule has 0 aliphatic heterocycles. The SMILES string of the molecule is COCCCNC(=O)c1nnc(Cc2cccc(Cl)c2)o1. The maximum Gasteiger partial charge on any atom is 0.308 e. The van der Waals surface area contributed by atoms with Crippen LogP contribution in [0.1, 0.15) is 28.6 Å². The minimum atomic E-state index is -0.379. The first-order chi connectivity index (χ1) is 10.2.